The highest BCUT2D eigenvalue weighted by atomic mass is 32.1. The summed E-state index contributed by atoms with van der Waals surface area (Å²) in [7, 11) is 0. The number of halogens is 1. The molecule has 0 saturated carbocycles. The van der Waals surface area contributed by atoms with Crippen molar-refractivity contribution in [3.05, 3.63) is 45.9 Å². The van der Waals surface area contributed by atoms with Crippen LogP contribution >= 0.6 is 11.3 Å². The van der Waals surface area contributed by atoms with Crippen LogP contribution in [0.5, 0.6) is 0 Å². The van der Waals surface area contributed by atoms with Gasteiger partial charge >= 0.3 is 0 Å². The fourth-order valence-electron chi connectivity index (χ4n) is 2.99. The topological polar surface area (TPSA) is 46.3 Å². The van der Waals surface area contributed by atoms with E-state index in [0.717, 1.165) is 40.3 Å². The summed E-state index contributed by atoms with van der Waals surface area (Å²) in [6.07, 6.45) is 2.00. The average Bonchev–Trinajstić information content (AvgIpc) is 3.14. The number of nitrogens with zero attached hydrogens (tertiary/aromatic N) is 1. The molecule has 1 aliphatic heterocycles. The summed E-state index contributed by atoms with van der Waals surface area (Å²) in [5, 5.41) is 0. The molecular formula is C17H19FN2OS. The van der Waals surface area contributed by atoms with Gasteiger partial charge in [0.1, 0.15) is 5.82 Å². The normalized spacial score (nSPS) is 18.0. The molecule has 3 nitrogen and oxygen atoms in total. The van der Waals surface area contributed by atoms with Crippen LogP contribution in [0.4, 0.5) is 4.39 Å². The van der Waals surface area contributed by atoms with Crippen molar-refractivity contribution in [3.8, 4) is 11.1 Å². The van der Waals surface area contributed by atoms with Crippen molar-refractivity contribution in [1.29, 1.82) is 0 Å². The lowest BCUT2D eigenvalue weighted by molar-refractivity contribution is 0.0746. The molecule has 0 bridgehead atoms. The second kappa shape index (κ2) is 6.18. The van der Waals surface area contributed by atoms with Crippen LogP contribution in [-0.4, -0.2) is 29.9 Å². The second-order valence-corrected chi connectivity index (χ2v) is 6.87. The number of benzene rings is 1. The number of rotatable bonds is 3. The zero-order chi connectivity index (χ0) is 15.7. The van der Waals surface area contributed by atoms with Crippen LogP contribution in [0.1, 0.15) is 27.4 Å². The minimum Gasteiger partial charge on any atom is -0.334 e. The number of likely N-dealkylation sites (tertiary alicyclic amines) is 1. The monoisotopic (exact) mass is 318 g/mol. The number of thiophene rings is 1. The molecule has 0 aliphatic carbocycles. The Hall–Kier alpha value is -1.72. The van der Waals surface area contributed by atoms with E-state index in [1.54, 1.807) is 12.1 Å². The summed E-state index contributed by atoms with van der Waals surface area (Å²) in [5.74, 6) is -0.190. The lowest BCUT2D eigenvalue weighted by Crippen LogP contribution is -2.39. The van der Waals surface area contributed by atoms with Gasteiger partial charge in [-0.2, -0.15) is 0 Å². The minimum absolute atomic E-state index is 0.0643. The molecule has 1 aromatic carbocycles. The molecule has 0 spiro atoms. The van der Waals surface area contributed by atoms with Gasteiger partial charge in [-0.25, -0.2) is 4.39 Å². The first kappa shape index (κ1) is 15.2. The summed E-state index contributed by atoms with van der Waals surface area (Å²) < 4.78 is 13.1. The molecule has 2 aromatic rings. The molecule has 1 atom stereocenters. The Morgan fingerprint density at radius 1 is 1.41 bits per heavy atom. The quantitative estimate of drug-likeness (QED) is 0.942. The first-order valence-electron chi connectivity index (χ1n) is 7.47. The number of hydrogen-bond acceptors (Lipinski definition) is 3. The second-order valence-electron chi connectivity index (χ2n) is 5.62. The summed E-state index contributed by atoms with van der Waals surface area (Å²) in [4.78, 5) is 16.4. The van der Waals surface area contributed by atoms with E-state index >= 15 is 0 Å². The molecule has 3 rings (SSSR count). The van der Waals surface area contributed by atoms with E-state index in [4.69, 9.17) is 5.73 Å². The zero-order valence-corrected chi connectivity index (χ0v) is 13.3. The van der Waals surface area contributed by atoms with E-state index in [2.05, 4.69) is 0 Å². The molecule has 0 radical (unpaired) electrons. The van der Waals surface area contributed by atoms with Crippen LogP contribution in [-0.2, 0) is 0 Å². The fourth-order valence-corrected chi connectivity index (χ4v) is 3.99. The van der Waals surface area contributed by atoms with Gasteiger partial charge in [0.15, 0.2) is 0 Å². The van der Waals surface area contributed by atoms with Crippen LogP contribution in [0.2, 0.25) is 0 Å². The Morgan fingerprint density at radius 2 is 2.14 bits per heavy atom. The molecular weight excluding hydrogens is 299 g/mol. The summed E-state index contributed by atoms with van der Waals surface area (Å²) in [6, 6.07) is 8.46. The third kappa shape index (κ3) is 2.78. The van der Waals surface area contributed by atoms with Crippen molar-refractivity contribution in [2.24, 2.45) is 5.73 Å². The first-order chi connectivity index (χ1) is 10.6. The van der Waals surface area contributed by atoms with Gasteiger partial charge in [0.05, 0.1) is 4.88 Å². The highest BCUT2D eigenvalue weighted by Gasteiger charge is 2.29. The number of hydrogen-bond donors (Lipinski definition) is 1. The Morgan fingerprint density at radius 3 is 2.82 bits per heavy atom. The smallest absolute Gasteiger partial charge is 0.264 e. The molecule has 0 unspecified atom stereocenters. The van der Waals surface area contributed by atoms with E-state index in [1.807, 2.05) is 17.9 Å². The third-order valence-corrected chi connectivity index (χ3v) is 5.23. The van der Waals surface area contributed by atoms with Crippen LogP contribution in [0, 0.1) is 12.7 Å². The van der Waals surface area contributed by atoms with Crippen LogP contribution in [0.3, 0.4) is 0 Å². The molecule has 1 fully saturated rings. The molecule has 1 amide bonds. The van der Waals surface area contributed by atoms with Gasteiger partial charge in [0.2, 0.25) is 0 Å². The van der Waals surface area contributed by atoms with Gasteiger partial charge in [0, 0.05) is 24.0 Å². The maximum atomic E-state index is 13.1. The van der Waals surface area contributed by atoms with E-state index in [1.165, 1.54) is 23.5 Å². The number of carbonyl (C=O) groups excluding carboxylic acids is 1. The van der Waals surface area contributed by atoms with Crippen molar-refractivity contribution in [3.63, 3.8) is 0 Å². The fraction of sp³-hybridized carbons (Fsp3) is 0.353. The largest absolute Gasteiger partial charge is 0.334 e. The lowest BCUT2D eigenvalue weighted by Gasteiger charge is -2.22. The van der Waals surface area contributed by atoms with Crippen molar-refractivity contribution in [1.82, 2.24) is 4.90 Å². The Labute approximate surface area is 133 Å². The number of nitrogens with two attached hydrogens (primary N) is 1. The van der Waals surface area contributed by atoms with Crippen molar-refractivity contribution < 1.29 is 9.18 Å². The molecule has 1 aromatic heterocycles. The van der Waals surface area contributed by atoms with Crippen molar-refractivity contribution >= 4 is 17.2 Å². The van der Waals surface area contributed by atoms with Gasteiger partial charge < -0.3 is 10.6 Å². The van der Waals surface area contributed by atoms with Crippen LogP contribution in [0.15, 0.2) is 30.3 Å². The summed E-state index contributed by atoms with van der Waals surface area (Å²) >= 11 is 1.50. The Kier molecular flexibility index (Phi) is 4.27. The molecule has 5 heteroatoms. The first-order valence-corrected chi connectivity index (χ1v) is 8.29. The molecule has 22 heavy (non-hydrogen) atoms. The maximum Gasteiger partial charge on any atom is 0.264 e. The van der Waals surface area contributed by atoms with Gasteiger partial charge in [-0.15, -0.1) is 11.3 Å². The summed E-state index contributed by atoms with van der Waals surface area (Å²) in [5.41, 5.74) is 7.69. The predicted octanol–water partition coefficient (Wildman–Crippen LogP) is 3.43. The molecule has 2 N–H and O–H groups in total. The third-order valence-electron chi connectivity index (χ3n) is 4.19. The zero-order valence-electron chi connectivity index (χ0n) is 12.5. The highest BCUT2D eigenvalue weighted by Crippen LogP contribution is 2.32. The Bertz CT molecular complexity index is 680. The van der Waals surface area contributed by atoms with Crippen molar-refractivity contribution in [2.45, 2.75) is 25.8 Å². The summed E-state index contributed by atoms with van der Waals surface area (Å²) in [6.45, 7) is 3.29. The molecule has 2 heterocycles. The SMILES string of the molecule is Cc1sc(C(=O)N2CCC[C@@H]2CN)cc1-c1ccc(F)cc1. The number of aryl methyl sites for hydroxylation is 1. The highest BCUT2D eigenvalue weighted by molar-refractivity contribution is 7.14. The van der Waals surface area contributed by atoms with E-state index in [0.29, 0.717) is 6.54 Å². The van der Waals surface area contributed by atoms with E-state index in [9.17, 15) is 9.18 Å². The number of carbonyl (C=O) groups is 1. The Balaban J connectivity index is 1.88. The molecule has 116 valence electrons. The van der Waals surface area contributed by atoms with Gasteiger partial charge in [-0.1, -0.05) is 12.1 Å². The standard InChI is InChI=1S/C17H19FN2OS/c1-11-15(12-4-6-13(18)7-5-12)9-16(22-11)17(21)20-8-2-3-14(20)10-19/h4-7,9,14H,2-3,8,10,19H2,1H3/t14-/m1/s1. The average molecular weight is 318 g/mol. The van der Waals surface area contributed by atoms with Crippen LogP contribution in [0.25, 0.3) is 11.1 Å². The minimum atomic E-state index is -0.254. The number of amides is 1. The van der Waals surface area contributed by atoms with E-state index in [-0.39, 0.29) is 17.8 Å². The van der Waals surface area contributed by atoms with E-state index < -0.39 is 0 Å². The molecule has 1 aliphatic rings. The van der Waals surface area contributed by atoms with Gasteiger partial charge in [-0.05, 0) is 49.1 Å². The predicted molar refractivity (Wildman–Crippen MR) is 87.6 cm³/mol. The lowest BCUT2D eigenvalue weighted by atomic mass is 10.1. The molecule has 1 saturated heterocycles. The maximum absolute atomic E-state index is 13.1. The van der Waals surface area contributed by atoms with Gasteiger partial charge in [-0.3, -0.25) is 4.79 Å². The van der Waals surface area contributed by atoms with Gasteiger partial charge in [0.25, 0.3) is 5.91 Å². The van der Waals surface area contributed by atoms with Crippen LogP contribution < -0.4 is 5.73 Å². The van der Waals surface area contributed by atoms with Crippen molar-refractivity contribution in [2.75, 3.05) is 13.1 Å².